The Bertz CT molecular complexity index is 990. The highest BCUT2D eigenvalue weighted by Crippen LogP contribution is 2.36. The van der Waals surface area contributed by atoms with Crippen LogP contribution in [-0.2, 0) is 11.2 Å². The van der Waals surface area contributed by atoms with Crippen LogP contribution in [0.4, 0.5) is 0 Å². The van der Waals surface area contributed by atoms with E-state index in [9.17, 15) is 4.79 Å². The van der Waals surface area contributed by atoms with Crippen molar-refractivity contribution < 1.29 is 19.0 Å². The largest absolute Gasteiger partial charge is 0.497 e. The number of ether oxygens (including phenoxy) is 3. The number of pyridine rings is 1. The van der Waals surface area contributed by atoms with E-state index in [0.717, 1.165) is 26.7 Å². The number of esters is 1. The zero-order chi connectivity index (χ0) is 20.1. The lowest BCUT2D eigenvalue weighted by molar-refractivity contribution is 0.0525. The number of carbonyl (C=O) groups is 1. The first-order chi connectivity index (χ1) is 13.6. The van der Waals surface area contributed by atoms with Crippen molar-refractivity contribution in [2.45, 2.75) is 13.3 Å². The zero-order valence-corrected chi connectivity index (χ0v) is 17.3. The molecule has 0 amide bonds. The molecular weight excluding hydrogens is 424 g/mol. The third-order valence-electron chi connectivity index (χ3n) is 4.31. The van der Waals surface area contributed by atoms with E-state index in [2.05, 4.69) is 20.9 Å². The second-order valence-corrected chi connectivity index (χ2v) is 6.83. The normalized spacial score (nSPS) is 10.7. The fraction of sp³-hybridized carbons (Fsp3) is 0.238. The summed E-state index contributed by atoms with van der Waals surface area (Å²) in [7, 11) is 1.62. The summed E-state index contributed by atoms with van der Waals surface area (Å²) in [6.07, 6.45) is 2.05. The van der Waals surface area contributed by atoms with Crippen molar-refractivity contribution in [3.63, 3.8) is 0 Å². The van der Waals surface area contributed by atoms with E-state index in [1.54, 1.807) is 20.2 Å². The van der Waals surface area contributed by atoms with Gasteiger partial charge in [0.2, 0.25) is 0 Å². The number of fused-ring (bicyclic) bond motifs is 1. The molecule has 0 aliphatic heterocycles. The molecule has 0 spiro atoms. The Morgan fingerprint density at radius 3 is 2.57 bits per heavy atom. The maximum absolute atomic E-state index is 12.6. The highest BCUT2D eigenvalue weighted by molar-refractivity contribution is 9.10. The van der Waals surface area contributed by atoms with E-state index in [-0.39, 0.29) is 13.3 Å². The molecule has 1 heterocycles. The lowest BCUT2D eigenvalue weighted by atomic mass is 9.96. The minimum Gasteiger partial charge on any atom is -0.497 e. The first-order valence-electron chi connectivity index (χ1n) is 8.82. The summed E-state index contributed by atoms with van der Waals surface area (Å²) in [4.78, 5) is 17.1. The Morgan fingerprint density at radius 1 is 1.18 bits per heavy atom. The van der Waals surface area contributed by atoms with Crippen molar-refractivity contribution in [3.05, 3.63) is 63.8 Å². The summed E-state index contributed by atoms with van der Waals surface area (Å²) in [6.45, 7) is 2.07. The molecule has 0 bridgehead atoms. The Kier molecular flexibility index (Phi) is 6.49. The predicted octanol–water partition coefficient (Wildman–Crippen LogP) is 4.07. The average molecular weight is 445 g/mol. The van der Waals surface area contributed by atoms with Gasteiger partial charge in [0.05, 0.1) is 24.8 Å². The summed E-state index contributed by atoms with van der Waals surface area (Å²) >= 11 is 3.53. The fourth-order valence-corrected chi connectivity index (χ4v) is 3.47. The zero-order valence-electron chi connectivity index (χ0n) is 15.7. The van der Waals surface area contributed by atoms with Crippen molar-refractivity contribution >= 4 is 32.8 Å². The number of nitrogens with zero attached hydrogens (tertiary/aromatic N) is 1. The van der Waals surface area contributed by atoms with Gasteiger partial charge in [-0.15, -0.1) is 0 Å². The van der Waals surface area contributed by atoms with Crippen LogP contribution in [0.5, 0.6) is 11.5 Å². The third-order valence-corrected chi connectivity index (χ3v) is 4.95. The van der Waals surface area contributed by atoms with Gasteiger partial charge in [-0.2, -0.15) is 0 Å². The number of halogens is 1. The van der Waals surface area contributed by atoms with Crippen LogP contribution in [0.25, 0.3) is 10.9 Å². The number of carbonyl (C=O) groups excluding carboxylic acids is 1. The van der Waals surface area contributed by atoms with Crippen molar-refractivity contribution in [1.82, 2.24) is 4.98 Å². The molecule has 146 valence electrons. The highest BCUT2D eigenvalue weighted by atomic mass is 79.9. The Hall–Kier alpha value is -2.64. The van der Waals surface area contributed by atoms with E-state index < -0.39 is 5.97 Å². The minimum atomic E-state index is -0.418. The average Bonchev–Trinajstić information content (AvgIpc) is 2.71. The molecule has 6 nitrogen and oxygen atoms in total. The van der Waals surface area contributed by atoms with Crippen LogP contribution in [0.1, 0.15) is 28.4 Å². The van der Waals surface area contributed by atoms with Gasteiger partial charge in [0.1, 0.15) is 18.2 Å². The lowest BCUT2D eigenvalue weighted by Crippen LogP contribution is -2.12. The van der Waals surface area contributed by atoms with Crippen LogP contribution in [0.2, 0.25) is 0 Å². The van der Waals surface area contributed by atoms with Crippen LogP contribution in [-0.4, -0.2) is 31.4 Å². The van der Waals surface area contributed by atoms with Gasteiger partial charge in [0, 0.05) is 16.1 Å². The van der Waals surface area contributed by atoms with Gasteiger partial charge >= 0.3 is 5.97 Å². The van der Waals surface area contributed by atoms with Gasteiger partial charge in [-0.1, -0.05) is 12.1 Å². The monoisotopic (exact) mass is 444 g/mol. The molecule has 3 aromatic rings. The molecule has 0 saturated heterocycles. The van der Waals surface area contributed by atoms with Gasteiger partial charge < -0.3 is 14.2 Å². The van der Waals surface area contributed by atoms with Crippen molar-refractivity contribution in [2.24, 2.45) is 5.73 Å². The Balaban J connectivity index is 2.22. The molecule has 2 N–H and O–H groups in total. The van der Waals surface area contributed by atoms with E-state index in [1.165, 1.54) is 0 Å². The number of nitrogens with two attached hydrogens (primary N) is 1. The molecule has 7 heteroatoms. The number of hydrogen-bond acceptors (Lipinski definition) is 6. The summed E-state index contributed by atoms with van der Waals surface area (Å²) in [5.74, 6) is 0.922. The van der Waals surface area contributed by atoms with Gasteiger partial charge in [0.15, 0.2) is 0 Å². The SMILES string of the molecule is CCOC(=O)c1cnc2c(Br)ccc(OCN)c2c1Cc1ccc(OC)cc1. The quantitative estimate of drug-likeness (QED) is 0.436. The first-order valence-corrected chi connectivity index (χ1v) is 9.61. The number of aromatic nitrogens is 1. The van der Waals surface area contributed by atoms with E-state index in [1.807, 2.05) is 36.4 Å². The molecule has 0 saturated carbocycles. The molecular formula is C21H21BrN2O4. The molecule has 1 aromatic heterocycles. The second kappa shape index (κ2) is 9.03. The number of methoxy groups -OCH3 is 1. The summed E-state index contributed by atoms with van der Waals surface area (Å²) < 4.78 is 16.9. The van der Waals surface area contributed by atoms with E-state index >= 15 is 0 Å². The number of rotatable bonds is 7. The number of hydrogen-bond donors (Lipinski definition) is 1. The molecule has 3 rings (SSSR count). The first kappa shape index (κ1) is 20.1. The molecule has 0 fully saturated rings. The van der Waals surface area contributed by atoms with Crippen LogP contribution >= 0.6 is 15.9 Å². The molecule has 28 heavy (non-hydrogen) atoms. The molecule has 0 aliphatic carbocycles. The number of benzene rings is 2. The topological polar surface area (TPSA) is 83.7 Å². The third kappa shape index (κ3) is 4.10. The van der Waals surface area contributed by atoms with Gasteiger partial charge in [0.25, 0.3) is 0 Å². The smallest absolute Gasteiger partial charge is 0.340 e. The van der Waals surface area contributed by atoms with Gasteiger partial charge in [-0.3, -0.25) is 10.7 Å². The van der Waals surface area contributed by atoms with Crippen LogP contribution in [0.3, 0.4) is 0 Å². The Morgan fingerprint density at radius 2 is 1.93 bits per heavy atom. The fourth-order valence-electron chi connectivity index (χ4n) is 3.03. The minimum absolute atomic E-state index is 0.0162. The predicted molar refractivity (Wildman–Crippen MR) is 111 cm³/mol. The van der Waals surface area contributed by atoms with Crippen molar-refractivity contribution in [3.8, 4) is 11.5 Å². The van der Waals surface area contributed by atoms with E-state index in [0.29, 0.717) is 23.3 Å². The standard InChI is InChI=1S/C21H21BrN2O4/c1-3-27-21(25)16-11-24-20-17(22)8-9-18(28-12-23)19(20)15(16)10-13-4-6-14(26-2)7-5-13/h4-9,11H,3,10,12,23H2,1-2H3. The molecule has 0 aliphatic rings. The van der Waals surface area contributed by atoms with Crippen LogP contribution in [0, 0.1) is 0 Å². The lowest BCUT2D eigenvalue weighted by Gasteiger charge is -2.16. The van der Waals surface area contributed by atoms with Gasteiger partial charge in [-0.05, 0) is 64.7 Å². The molecule has 2 aromatic carbocycles. The Labute approximate surface area is 171 Å². The van der Waals surface area contributed by atoms with Crippen molar-refractivity contribution in [2.75, 3.05) is 20.4 Å². The van der Waals surface area contributed by atoms with Crippen LogP contribution in [0.15, 0.2) is 47.1 Å². The summed E-state index contributed by atoms with van der Waals surface area (Å²) in [5.41, 5.74) is 8.50. The van der Waals surface area contributed by atoms with Gasteiger partial charge in [-0.25, -0.2) is 4.79 Å². The highest BCUT2D eigenvalue weighted by Gasteiger charge is 2.21. The second-order valence-electron chi connectivity index (χ2n) is 5.98. The maximum Gasteiger partial charge on any atom is 0.340 e. The summed E-state index contributed by atoms with van der Waals surface area (Å²) in [6, 6.07) is 11.4. The molecule has 0 radical (unpaired) electrons. The van der Waals surface area contributed by atoms with Crippen LogP contribution < -0.4 is 15.2 Å². The molecule has 0 unspecified atom stereocenters. The van der Waals surface area contributed by atoms with E-state index in [4.69, 9.17) is 19.9 Å². The molecule has 0 atom stereocenters. The maximum atomic E-state index is 12.6. The van der Waals surface area contributed by atoms with Crippen molar-refractivity contribution in [1.29, 1.82) is 0 Å². The summed E-state index contributed by atoms with van der Waals surface area (Å²) in [5, 5.41) is 0.737.